The number of thiazole rings is 1. The van der Waals surface area contributed by atoms with Crippen LogP contribution in [0.3, 0.4) is 0 Å². The van der Waals surface area contributed by atoms with Crippen molar-refractivity contribution in [3.63, 3.8) is 0 Å². The number of thioether (sulfide) groups is 1. The summed E-state index contributed by atoms with van der Waals surface area (Å²) in [7, 11) is 0. The van der Waals surface area contributed by atoms with Gasteiger partial charge in [-0.1, -0.05) is 37.2 Å². The summed E-state index contributed by atoms with van der Waals surface area (Å²) in [4.78, 5) is 41.6. The molecule has 3 N–H and O–H groups in total. The van der Waals surface area contributed by atoms with Crippen molar-refractivity contribution in [2.75, 3.05) is 27.8 Å². The zero-order valence-corrected chi connectivity index (χ0v) is 18.9. The van der Waals surface area contributed by atoms with Gasteiger partial charge in [0.25, 0.3) is 0 Å². The predicted octanol–water partition coefficient (Wildman–Crippen LogP) is 4.90. The quantitative estimate of drug-likeness (QED) is 0.457. The van der Waals surface area contributed by atoms with Crippen LogP contribution in [0.1, 0.15) is 39.0 Å². The van der Waals surface area contributed by atoms with Crippen LogP contribution < -0.4 is 15.5 Å². The number of hydrogen-bond donors (Lipinski definition) is 3. The van der Waals surface area contributed by atoms with Crippen LogP contribution in [0.25, 0.3) is 0 Å². The van der Waals surface area contributed by atoms with Crippen molar-refractivity contribution in [3.8, 4) is 0 Å². The minimum absolute atomic E-state index is 0.0559. The standard InChI is InChI=1S/C21H26N4O4S2/c1-2-17(26)23-15-8-5-9-16(10-15)25(12-14-6-3-4-7-14)21(29)24-20-22-11-19(31-20)30-13-18(27)28/h5,8-11,14H,2-4,6-7,12-13H2,1H3,(H,23,26)(H,27,28)(H,22,24,29). The molecule has 0 bridgehead atoms. The van der Waals surface area contributed by atoms with E-state index in [2.05, 4.69) is 15.6 Å². The SMILES string of the molecule is CCC(=O)Nc1cccc(N(CC2CCCC2)C(=O)Nc2ncc(SCC(=O)O)s2)c1. The van der Waals surface area contributed by atoms with Crippen molar-refractivity contribution in [1.29, 1.82) is 0 Å². The van der Waals surface area contributed by atoms with Gasteiger partial charge in [0.1, 0.15) is 0 Å². The van der Waals surface area contributed by atoms with Crippen molar-refractivity contribution in [2.24, 2.45) is 5.92 Å². The molecule has 2 aromatic rings. The Morgan fingerprint density at radius 3 is 2.74 bits per heavy atom. The summed E-state index contributed by atoms with van der Waals surface area (Å²) in [6, 6.07) is 6.98. The normalized spacial score (nSPS) is 13.7. The Bertz CT molecular complexity index is 928. The summed E-state index contributed by atoms with van der Waals surface area (Å²) in [5, 5.41) is 14.9. The maximum Gasteiger partial charge on any atom is 0.328 e. The number of nitrogens with zero attached hydrogens (tertiary/aromatic N) is 2. The molecule has 3 rings (SSSR count). The first-order chi connectivity index (χ1) is 14.9. The number of benzene rings is 1. The van der Waals surface area contributed by atoms with Crippen molar-refractivity contribution >= 4 is 57.5 Å². The largest absolute Gasteiger partial charge is 0.481 e. The maximum absolute atomic E-state index is 13.2. The van der Waals surface area contributed by atoms with Gasteiger partial charge in [0.15, 0.2) is 5.13 Å². The Morgan fingerprint density at radius 1 is 1.26 bits per heavy atom. The molecule has 0 aliphatic heterocycles. The average Bonchev–Trinajstić information content (AvgIpc) is 3.42. The Balaban J connectivity index is 1.75. The molecule has 0 unspecified atom stereocenters. The molecular weight excluding hydrogens is 436 g/mol. The van der Waals surface area contributed by atoms with E-state index in [9.17, 15) is 14.4 Å². The number of carbonyl (C=O) groups excluding carboxylic acids is 2. The van der Waals surface area contributed by atoms with E-state index in [-0.39, 0.29) is 17.7 Å². The highest BCUT2D eigenvalue weighted by Crippen LogP contribution is 2.31. The van der Waals surface area contributed by atoms with Gasteiger partial charge >= 0.3 is 12.0 Å². The molecule has 3 amide bonds. The summed E-state index contributed by atoms with van der Waals surface area (Å²) in [5.74, 6) is -0.614. The van der Waals surface area contributed by atoms with Gasteiger partial charge in [0, 0.05) is 24.3 Å². The molecule has 31 heavy (non-hydrogen) atoms. The third kappa shape index (κ3) is 6.96. The van der Waals surface area contributed by atoms with Crippen LogP contribution in [0.2, 0.25) is 0 Å². The van der Waals surface area contributed by atoms with Crippen molar-refractivity contribution in [3.05, 3.63) is 30.5 Å². The number of carboxylic acids is 1. The van der Waals surface area contributed by atoms with E-state index in [0.29, 0.717) is 35.4 Å². The van der Waals surface area contributed by atoms with E-state index < -0.39 is 5.97 Å². The van der Waals surface area contributed by atoms with E-state index in [1.807, 2.05) is 12.1 Å². The maximum atomic E-state index is 13.2. The summed E-state index contributed by atoms with van der Waals surface area (Å²) in [5.41, 5.74) is 1.35. The van der Waals surface area contributed by atoms with Crippen LogP contribution in [-0.4, -0.2) is 40.3 Å². The number of anilines is 3. The average molecular weight is 463 g/mol. The first-order valence-electron chi connectivity index (χ1n) is 10.2. The Kier molecular flexibility index (Phi) is 8.30. The molecule has 1 aromatic carbocycles. The molecule has 1 aliphatic rings. The topological polar surface area (TPSA) is 112 Å². The highest BCUT2D eigenvalue weighted by molar-refractivity contribution is 8.01. The molecule has 0 spiro atoms. The van der Waals surface area contributed by atoms with Gasteiger partial charge in [0.2, 0.25) is 5.91 Å². The Labute approximate surface area is 189 Å². The molecule has 1 aromatic heterocycles. The second kappa shape index (κ2) is 11.1. The minimum atomic E-state index is -0.901. The molecule has 166 valence electrons. The lowest BCUT2D eigenvalue weighted by Gasteiger charge is -2.26. The molecule has 1 saturated carbocycles. The van der Waals surface area contributed by atoms with Crippen LogP contribution in [-0.2, 0) is 9.59 Å². The van der Waals surface area contributed by atoms with Gasteiger partial charge in [-0.05, 0) is 37.0 Å². The van der Waals surface area contributed by atoms with Crippen molar-refractivity contribution in [1.82, 2.24) is 4.98 Å². The molecule has 1 heterocycles. The van der Waals surface area contributed by atoms with Crippen molar-refractivity contribution < 1.29 is 19.5 Å². The summed E-state index contributed by atoms with van der Waals surface area (Å²) >= 11 is 2.41. The van der Waals surface area contributed by atoms with Crippen LogP contribution >= 0.6 is 23.1 Å². The summed E-state index contributed by atoms with van der Waals surface area (Å²) < 4.78 is 0.726. The van der Waals surface area contributed by atoms with Crippen molar-refractivity contribution in [2.45, 2.75) is 43.2 Å². The van der Waals surface area contributed by atoms with Gasteiger partial charge < -0.3 is 10.4 Å². The Morgan fingerprint density at radius 2 is 2.03 bits per heavy atom. The van der Waals surface area contributed by atoms with Gasteiger partial charge in [-0.25, -0.2) is 9.78 Å². The molecule has 0 saturated heterocycles. The first kappa shape index (κ1) is 23.1. The molecule has 10 heteroatoms. The highest BCUT2D eigenvalue weighted by Gasteiger charge is 2.24. The smallest absolute Gasteiger partial charge is 0.328 e. The number of nitrogens with one attached hydrogen (secondary N) is 2. The number of hydrogen-bond acceptors (Lipinski definition) is 6. The fourth-order valence-electron chi connectivity index (χ4n) is 3.43. The number of urea groups is 1. The van der Waals surface area contributed by atoms with Crippen LogP contribution in [0.5, 0.6) is 0 Å². The Hall–Kier alpha value is -2.59. The first-order valence-corrected chi connectivity index (χ1v) is 12.0. The van der Waals surface area contributed by atoms with E-state index >= 15 is 0 Å². The number of carboxylic acid groups (broad SMARTS) is 1. The number of rotatable bonds is 9. The van der Waals surface area contributed by atoms with E-state index in [1.165, 1.54) is 35.9 Å². The molecule has 0 radical (unpaired) electrons. The van der Waals surface area contributed by atoms with Crippen LogP contribution in [0.4, 0.5) is 21.3 Å². The third-order valence-corrected chi connectivity index (χ3v) is 7.05. The molecular formula is C21H26N4O4S2. The summed E-state index contributed by atoms with van der Waals surface area (Å²) in [6.07, 6.45) is 6.46. The predicted molar refractivity (Wildman–Crippen MR) is 124 cm³/mol. The van der Waals surface area contributed by atoms with Crippen LogP contribution in [0, 0.1) is 5.92 Å². The lowest BCUT2D eigenvalue weighted by atomic mass is 10.1. The zero-order chi connectivity index (χ0) is 22.2. The molecule has 1 fully saturated rings. The van der Waals surface area contributed by atoms with Gasteiger partial charge in [-0.3, -0.25) is 19.8 Å². The number of amides is 3. The second-order valence-electron chi connectivity index (χ2n) is 7.31. The van der Waals surface area contributed by atoms with Gasteiger partial charge in [-0.15, -0.1) is 11.8 Å². The number of aromatic nitrogens is 1. The van der Waals surface area contributed by atoms with E-state index in [1.54, 1.807) is 30.2 Å². The molecule has 0 atom stereocenters. The van der Waals surface area contributed by atoms with E-state index in [4.69, 9.17) is 5.11 Å². The molecule has 1 aliphatic carbocycles. The number of aliphatic carboxylic acids is 1. The van der Waals surface area contributed by atoms with Gasteiger partial charge in [0.05, 0.1) is 16.2 Å². The third-order valence-electron chi connectivity index (χ3n) is 4.96. The zero-order valence-electron chi connectivity index (χ0n) is 17.3. The van der Waals surface area contributed by atoms with Gasteiger partial charge in [-0.2, -0.15) is 0 Å². The lowest BCUT2D eigenvalue weighted by molar-refractivity contribution is -0.133. The highest BCUT2D eigenvalue weighted by atomic mass is 32.2. The fourth-order valence-corrected chi connectivity index (χ4v) is 5.02. The van der Waals surface area contributed by atoms with E-state index in [0.717, 1.165) is 17.1 Å². The lowest BCUT2D eigenvalue weighted by Crippen LogP contribution is -2.38. The minimum Gasteiger partial charge on any atom is -0.481 e. The number of carbonyl (C=O) groups is 3. The second-order valence-corrected chi connectivity index (χ2v) is 9.62. The van der Waals surface area contributed by atoms with Crippen LogP contribution in [0.15, 0.2) is 34.7 Å². The fraction of sp³-hybridized carbons (Fsp3) is 0.429. The molecule has 8 nitrogen and oxygen atoms in total. The summed E-state index contributed by atoms with van der Waals surface area (Å²) in [6.45, 7) is 2.37. The monoisotopic (exact) mass is 462 g/mol.